The van der Waals surface area contributed by atoms with Crippen LogP contribution in [-0.4, -0.2) is 10.1 Å². The van der Waals surface area contributed by atoms with Crippen molar-refractivity contribution in [3.05, 3.63) is 48.6 Å². The van der Waals surface area contributed by atoms with E-state index >= 15 is 0 Å². The molecule has 0 saturated heterocycles. The minimum absolute atomic E-state index is 0.0969. The summed E-state index contributed by atoms with van der Waals surface area (Å²) < 4.78 is 15.9. The third kappa shape index (κ3) is 1.15. The Morgan fingerprint density at radius 1 is 1.07 bits per heavy atom. The van der Waals surface area contributed by atoms with Crippen LogP contribution in [0.15, 0.2) is 48.6 Å². The third-order valence-corrected chi connectivity index (χ3v) is 2.42. The fourth-order valence-electron chi connectivity index (χ4n) is 1.73. The zero-order valence-electron chi connectivity index (χ0n) is 9.86. The van der Waals surface area contributed by atoms with E-state index in [1.807, 2.05) is 0 Å². The number of hydrogen-bond donors (Lipinski definition) is 1. The zero-order chi connectivity index (χ0) is 12.0. The summed E-state index contributed by atoms with van der Waals surface area (Å²) in [6, 6.07) is 8.70. The fourth-order valence-corrected chi connectivity index (χ4v) is 1.73. The van der Waals surface area contributed by atoms with E-state index in [0.717, 1.165) is 0 Å². The number of rotatable bonds is 0. The highest BCUT2D eigenvalue weighted by molar-refractivity contribution is 6.08. The molecule has 0 saturated carbocycles. The molecule has 0 radical (unpaired) electrons. The molecule has 2 nitrogen and oxygen atoms in total. The lowest BCUT2D eigenvalue weighted by atomic mass is 10.1. The molecule has 3 rings (SSSR count). The number of benzene rings is 2. The van der Waals surface area contributed by atoms with Crippen molar-refractivity contribution in [2.75, 3.05) is 0 Å². The minimum atomic E-state index is 0.0969. The maximum absolute atomic E-state index is 9.90. The predicted molar refractivity (Wildman–Crippen MR) is 60.9 cm³/mol. The largest absolute Gasteiger partial charge is 0.507 e. The van der Waals surface area contributed by atoms with Crippen LogP contribution in [0.3, 0.4) is 0 Å². The molecule has 0 unspecified atom stereocenters. The van der Waals surface area contributed by atoms with E-state index in [4.69, 9.17) is 2.74 Å². The summed E-state index contributed by atoms with van der Waals surface area (Å²) in [7, 11) is 0. The predicted octanol–water partition coefficient (Wildman–Crippen LogP) is 3.09. The van der Waals surface area contributed by atoms with Crippen LogP contribution in [0.2, 0.25) is 0 Å². The van der Waals surface area contributed by atoms with Gasteiger partial charge in [-0.2, -0.15) is 0 Å². The first-order valence-corrected chi connectivity index (χ1v) is 4.65. The van der Waals surface area contributed by atoms with Gasteiger partial charge < -0.3 is 5.11 Å². The van der Waals surface area contributed by atoms with Crippen LogP contribution in [-0.2, 0) is 0 Å². The standard InChI is InChI=1S/C13H9NO/c15-11-5-1-3-9-6-7-10-4-2-8-14-13(10)12(9)11/h1-8,15H/i6D,7D. The van der Waals surface area contributed by atoms with Gasteiger partial charge in [0.15, 0.2) is 0 Å². The van der Waals surface area contributed by atoms with Gasteiger partial charge in [0.2, 0.25) is 0 Å². The molecule has 0 aliphatic carbocycles. The Kier molecular flexibility index (Phi) is 1.26. The van der Waals surface area contributed by atoms with Crippen LogP contribution >= 0.6 is 0 Å². The number of nitrogens with zero attached hydrogens (tertiary/aromatic N) is 1. The van der Waals surface area contributed by atoms with Crippen LogP contribution in [0.5, 0.6) is 5.75 Å². The van der Waals surface area contributed by atoms with Gasteiger partial charge >= 0.3 is 0 Å². The number of aromatic hydroxyl groups is 1. The highest BCUT2D eigenvalue weighted by Crippen LogP contribution is 2.30. The highest BCUT2D eigenvalue weighted by Gasteiger charge is 2.04. The van der Waals surface area contributed by atoms with E-state index in [1.165, 1.54) is 0 Å². The molecular weight excluding hydrogens is 186 g/mol. The van der Waals surface area contributed by atoms with E-state index < -0.39 is 0 Å². The number of aromatic nitrogens is 1. The van der Waals surface area contributed by atoms with Crippen molar-refractivity contribution in [1.29, 1.82) is 0 Å². The Labute approximate surface area is 89.6 Å². The van der Waals surface area contributed by atoms with Crippen LogP contribution in [0.25, 0.3) is 21.7 Å². The second-order valence-corrected chi connectivity index (χ2v) is 3.35. The first-order chi connectivity index (χ1) is 8.20. The molecule has 0 spiro atoms. The van der Waals surface area contributed by atoms with Crippen molar-refractivity contribution in [3.8, 4) is 5.75 Å². The molecule has 1 N–H and O–H groups in total. The van der Waals surface area contributed by atoms with E-state index in [2.05, 4.69) is 4.98 Å². The van der Waals surface area contributed by atoms with Gasteiger partial charge in [0.25, 0.3) is 0 Å². The normalized spacial score (nSPS) is 12.8. The molecule has 0 aliphatic rings. The molecule has 0 bridgehead atoms. The van der Waals surface area contributed by atoms with Crippen molar-refractivity contribution in [3.63, 3.8) is 0 Å². The maximum atomic E-state index is 9.90. The smallest absolute Gasteiger partial charge is 0.125 e. The minimum Gasteiger partial charge on any atom is -0.507 e. The Bertz CT molecular complexity index is 740. The van der Waals surface area contributed by atoms with Gasteiger partial charge in [0.05, 0.1) is 8.26 Å². The van der Waals surface area contributed by atoms with Crippen molar-refractivity contribution >= 4 is 21.7 Å². The molecule has 2 heteroatoms. The molecule has 15 heavy (non-hydrogen) atoms. The number of phenolic OH excluding ortho intramolecular Hbond substituents is 1. The van der Waals surface area contributed by atoms with Crippen LogP contribution in [0, 0.1) is 0 Å². The van der Waals surface area contributed by atoms with Crippen LogP contribution in [0.4, 0.5) is 0 Å². The lowest BCUT2D eigenvalue weighted by Gasteiger charge is -2.04. The topological polar surface area (TPSA) is 33.1 Å². The summed E-state index contributed by atoms with van der Waals surface area (Å²) in [6.07, 6.45) is 1.62. The van der Waals surface area contributed by atoms with Gasteiger partial charge in [0.1, 0.15) is 5.75 Å². The lowest BCUT2D eigenvalue weighted by molar-refractivity contribution is 0.482. The van der Waals surface area contributed by atoms with Gasteiger partial charge in [-0.3, -0.25) is 4.98 Å². The van der Waals surface area contributed by atoms with E-state index in [1.54, 1.807) is 36.5 Å². The Hall–Kier alpha value is -2.09. The zero-order valence-corrected chi connectivity index (χ0v) is 7.86. The summed E-state index contributed by atoms with van der Waals surface area (Å²) in [6.45, 7) is 0. The fraction of sp³-hybridized carbons (Fsp3) is 0. The third-order valence-electron chi connectivity index (χ3n) is 2.42. The van der Waals surface area contributed by atoms with Crippen LogP contribution < -0.4 is 0 Å². The quantitative estimate of drug-likeness (QED) is 0.562. The van der Waals surface area contributed by atoms with E-state index in [9.17, 15) is 5.11 Å². The molecule has 0 atom stereocenters. The first kappa shape index (κ1) is 6.40. The maximum Gasteiger partial charge on any atom is 0.125 e. The number of fused-ring (bicyclic) bond motifs is 3. The molecule has 0 aliphatic heterocycles. The first-order valence-electron chi connectivity index (χ1n) is 5.65. The number of pyridine rings is 1. The monoisotopic (exact) mass is 197 g/mol. The van der Waals surface area contributed by atoms with Crippen molar-refractivity contribution < 1.29 is 7.85 Å². The van der Waals surface area contributed by atoms with Crippen molar-refractivity contribution in [2.24, 2.45) is 0 Å². The second-order valence-electron chi connectivity index (χ2n) is 3.35. The van der Waals surface area contributed by atoms with Crippen molar-refractivity contribution in [1.82, 2.24) is 4.98 Å². The van der Waals surface area contributed by atoms with E-state index in [-0.39, 0.29) is 17.8 Å². The van der Waals surface area contributed by atoms with Gasteiger partial charge in [-0.15, -0.1) is 0 Å². The molecular formula is C13H9NO. The number of phenols is 1. The lowest BCUT2D eigenvalue weighted by Crippen LogP contribution is -1.81. The molecule has 0 fully saturated rings. The highest BCUT2D eigenvalue weighted by atomic mass is 16.3. The van der Waals surface area contributed by atoms with Gasteiger partial charge in [-0.25, -0.2) is 0 Å². The van der Waals surface area contributed by atoms with Gasteiger partial charge in [-0.1, -0.05) is 30.3 Å². The summed E-state index contributed by atoms with van der Waals surface area (Å²) >= 11 is 0. The molecule has 3 aromatic rings. The van der Waals surface area contributed by atoms with Crippen molar-refractivity contribution in [2.45, 2.75) is 0 Å². The Balaban J connectivity index is 2.72. The average molecular weight is 197 g/mol. The van der Waals surface area contributed by atoms with E-state index in [0.29, 0.717) is 21.7 Å². The molecule has 1 aromatic heterocycles. The Morgan fingerprint density at radius 2 is 1.87 bits per heavy atom. The molecule has 2 aromatic carbocycles. The van der Waals surface area contributed by atoms with Gasteiger partial charge in [0, 0.05) is 17.0 Å². The molecule has 72 valence electrons. The molecule has 0 amide bonds. The summed E-state index contributed by atoms with van der Waals surface area (Å²) in [4.78, 5) is 4.21. The average Bonchev–Trinajstić information content (AvgIpc) is 2.36. The summed E-state index contributed by atoms with van der Waals surface area (Å²) in [5.74, 6) is 0.0969. The SMILES string of the molecule is [2H]c1c([2H])c2cccc(O)c2c2ncccc12. The van der Waals surface area contributed by atoms with Crippen LogP contribution in [0.1, 0.15) is 2.74 Å². The Morgan fingerprint density at radius 3 is 2.80 bits per heavy atom. The number of hydrogen-bond acceptors (Lipinski definition) is 2. The second kappa shape index (κ2) is 2.95. The molecule has 1 heterocycles. The summed E-state index contributed by atoms with van der Waals surface area (Å²) in [5, 5.41) is 11.6. The summed E-state index contributed by atoms with van der Waals surface area (Å²) in [5.41, 5.74) is 0.571. The van der Waals surface area contributed by atoms with Gasteiger partial charge in [-0.05, 0) is 17.5 Å².